The topological polar surface area (TPSA) is 69.7 Å². The summed E-state index contributed by atoms with van der Waals surface area (Å²) in [5.41, 5.74) is 0.940. The SMILES string of the molecule is CCOC(=O)/C(I)=C\OS(=O)(=O)c1ccc(C)cc1. The van der Waals surface area contributed by atoms with E-state index < -0.39 is 16.1 Å². The van der Waals surface area contributed by atoms with Crippen molar-refractivity contribution in [3.63, 3.8) is 0 Å². The van der Waals surface area contributed by atoms with Gasteiger partial charge in [-0.15, -0.1) is 0 Å². The molecule has 0 N–H and O–H groups in total. The lowest BCUT2D eigenvalue weighted by molar-refractivity contribution is -0.137. The second-order valence-electron chi connectivity index (χ2n) is 3.55. The van der Waals surface area contributed by atoms with Crippen LogP contribution < -0.4 is 0 Å². The predicted octanol–water partition coefficient (Wildman–Crippen LogP) is 2.54. The lowest BCUT2D eigenvalue weighted by Crippen LogP contribution is -2.06. The van der Waals surface area contributed by atoms with E-state index in [9.17, 15) is 13.2 Å². The van der Waals surface area contributed by atoms with Gasteiger partial charge in [-0.05, 0) is 48.6 Å². The molecular formula is C12H13IO5S. The molecule has 0 radical (unpaired) electrons. The summed E-state index contributed by atoms with van der Waals surface area (Å²) in [6.45, 7) is 3.72. The van der Waals surface area contributed by atoms with Gasteiger partial charge in [-0.1, -0.05) is 17.7 Å². The first-order valence-corrected chi connectivity index (χ1v) is 7.88. The standard InChI is InChI=1S/C12H13IO5S/c1-3-17-12(14)11(13)8-18-19(15,16)10-6-4-9(2)5-7-10/h4-8H,3H2,1-2H3/b11-8+. The van der Waals surface area contributed by atoms with E-state index >= 15 is 0 Å². The number of rotatable bonds is 5. The van der Waals surface area contributed by atoms with E-state index in [-0.39, 0.29) is 15.1 Å². The molecule has 0 aromatic heterocycles. The van der Waals surface area contributed by atoms with Gasteiger partial charge >= 0.3 is 16.1 Å². The predicted molar refractivity (Wildman–Crippen MR) is 78.2 cm³/mol. The van der Waals surface area contributed by atoms with Gasteiger partial charge in [0.2, 0.25) is 0 Å². The van der Waals surface area contributed by atoms with Crippen molar-refractivity contribution in [3.8, 4) is 0 Å². The number of halogens is 1. The van der Waals surface area contributed by atoms with Gasteiger partial charge in [-0.2, -0.15) is 8.42 Å². The Kier molecular flexibility index (Phi) is 5.80. The zero-order chi connectivity index (χ0) is 14.5. The highest BCUT2D eigenvalue weighted by atomic mass is 127. The fourth-order valence-electron chi connectivity index (χ4n) is 1.11. The van der Waals surface area contributed by atoms with Crippen molar-refractivity contribution in [2.24, 2.45) is 0 Å². The number of esters is 1. The number of carbonyl (C=O) groups excluding carboxylic acids is 1. The van der Waals surface area contributed by atoms with Crippen LogP contribution in [0.1, 0.15) is 12.5 Å². The van der Waals surface area contributed by atoms with Crippen LogP contribution in [0.5, 0.6) is 0 Å². The minimum atomic E-state index is -3.91. The van der Waals surface area contributed by atoms with Crippen LogP contribution in [-0.4, -0.2) is 21.0 Å². The monoisotopic (exact) mass is 396 g/mol. The van der Waals surface area contributed by atoms with Crippen molar-refractivity contribution >= 4 is 38.7 Å². The van der Waals surface area contributed by atoms with Crippen molar-refractivity contribution in [3.05, 3.63) is 39.7 Å². The summed E-state index contributed by atoms with van der Waals surface area (Å²) in [4.78, 5) is 11.3. The molecule has 7 heteroatoms. The first-order valence-electron chi connectivity index (χ1n) is 5.39. The third-order valence-corrected chi connectivity index (χ3v) is 3.95. The van der Waals surface area contributed by atoms with Crippen LogP contribution in [0.3, 0.4) is 0 Å². The van der Waals surface area contributed by atoms with Crippen LogP contribution in [0.2, 0.25) is 0 Å². The molecule has 0 amide bonds. The lowest BCUT2D eigenvalue weighted by Gasteiger charge is -2.04. The number of carbonyl (C=O) groups is 1. The van der Waals surface area contributed by atoms with Crippen LogP contribution in [0.25, 0.3) is 0 Å². The molecule has 1 rings (SSSR count). The van der Waals surface area contributed by atoms with E-state index in [2.05, 4.69) is 4.18 Å². The molecule has 0 aliphatic heterocycles. The molecule has 1 aromatic rings. The number of benzene rings is 1. The van der Waals surface area contributed by atoms with Gasteiger partial charge in [0, 0.05) is 0 Å². The molecule has 0 saturated carbocycles. The van der Waals surface area contributed by atoms with E-state index in [1.807, 2.05) is 6.92 Å². The fourth-order valence-corrected chi connectivity index (χ4v) is 2.37. The van der Waals surface area contributed by atoms with Crippen LogP contribution in [0.4, 0.5) is 0 Å². The quantitative estimate of drug-likeness (QED) is 0.252. The van der Waals surface area contributed by atoms with Crippen LogP contribution in [-0.2, 0) is 23.8 Å². The first-order chi connectivity index (χ1) is 8.86. The smallest absolute Gasteiger partial charge is 0.347 e. The summed E-state index contributed by atoms with van der Waals surface area (Å²) in [5.74, 6) is -0.623. The minimum Gasteiger partial charge on any atom is -0.462 e. The minimum absolute atomic E-state index is 0.0300. The zero-order valence-electron chi connectivity index (χ0n) is 10.4. The van der Waals surface area contributed by atoms with Gasteiger partial charge in [0.1, 0.15) is 14.7 Å². The Morgan fingerprint density at radius 3 is 2.42 bits per heavy atom. The molecule has 0 aliphatic rings. The average molecular weight is 396 g/mol. The van der Waals surface area contributed by atoms with Crippen molar-refractivity contribution in [1.82, 2.24) is 0 Å². The molecule has 0 aliphatic carbocycles. The van der Waals surface area contributed by atoms with Gasteiger partial charge in [0.25, 0.3) is 0 Å². The number of ether oxygens (including phenoxy) is 1. The molecule has 1 aromatic carbocycles. The Morgan fingerprint density at radius 1 is 1.32 bits per heavy atom. The van der Waals surface area contributed by atoms with Gasteiger partial charge in [0.05, 0.1) is 6.61 Å². The summed E-state index contributed by atoms with van der Waals surface area (Å²) in [7, 11) is -3.91. The Labute approximate surface area is 125 Å². The van der Waals surface area contributed by atoms with Crippen molar-refractivity contribution in [2.45, 2.75) is 18.7 Å². The van der Waals surface area contributed by atoms with E-state index in [0.29, 0.717) is 0 Å². The molecular weight excluding hydrogens is 383 g/mol. The van der Waals surface area contributed by atoms with E-state index in [1.165, 1.54) is 12.1 Å². The summed E-state index contributed by atoms with van der Waals surface area (Å²) >= 11 is 1.65. The second-order valence-corrected chi connectivity index (χ2v) is 6.28. The molecule has 0 heterocycles. The van der Waals surface area contributed by atoms with Gasteiger partial charge in [0.15, 0.2) is 0 Å². The Balaban J connectivity index is 2.83. The summed E-state index contributed by atoms with van der Waals surface area (Å²) in [6.07, 6.45) is 0.869. The van der Waals surface area contributed by atoms with E-state index in [0.717, 1.165) is 11.8 Å². The molecule has 0 saturated heterocycles. The second kappa shape index (κ2) is 6.90. The number of hydrogen-bond donors (Lipinski definition) is 0. The highest BCUT2D eigenvalue weighted by Crippen LogP contribution is 2.16. The lowest BCUT2D eigenvalue weighted by atomic mass is 10.2. The summed E-state index contributed by atoms with van der Waals surface area (Å²) in [5, 5.41) is 0. The third-order valence-electron chi connectivity index (χ3n) is 2.06. The maximum absolute atomic E-state index is 11.8. The molecule has 0 atom stereocenters. The van der Waals surface area contributed by atoms with Crippen LogP contribution in [0.15, 0.2) is 39.0 Å². The number of aryl methyl sites for hydroxylation is 1. The van der Waals surface area contributed by atoms with Gasteiger partial charge in [-0.3, -0.25) is 0 Å². The Morgan fingerprint density at radius 2 is 1.89 bits per heavy atom. The van der Waals surface area contributed by atoms with E-state index in [4.69, 9.17) is 4.74 Å². The van der Waals surface area contributed by atoms with Crippen LogP contribution in [0, 0.1) is 6.92 Å². The molecule has 104 valence electrons. The molecule has 19 heavy (non-hydrogen) atoms. The maximum Gasteiger partial charge on any atom is 0.347 e. The number of hydrogen-bond acceptors (Lipinski definition) is 5. The van der Waals surface area contributed by atoms with E-state index in [1.54, 1.807) is 41.6 Å². The Bertz CT molecular complexity index is 575. The summed E-state index contributed by atoms with van der Waals surface area (Å²) in [6, 6.07) is 6.21. The highest BCUT2D eigenvalue weighted by Gasteiger charge is 2.15. The first kappa shape index (κ1) is 16.0. The van der Waals surface area contributed by atoms with Crippen molar-refractivity contribution in [2.75, 3.05) is 6.61 Å². The highest BCUT2D eigenvalue weighted by molar-refractivity contribution is 14.1. The fraction of sp³-hybridized carbons (Fsp3) is 0.250. The zero-order valence-corrected chi connectivity index (χ0v) is 13.4. The van der Waals surface area contributed by atoms with Gasteiger partial charge in [-0.25, -0.2) is 4.79 Å². The molecule has 5 nitrogen and oxygen atoms in total. The maximum atomic E-state index is 11.8. The molecule has 0 fully saturated rings. The third kappa shape index (κ3) is 4.83. The molecule has 0 unspecified atom stereocenters. The molecule has 0 bridgehead atoms. The summed E-state index contributed by atoms with van der Waals surface area (Å²) < 4.78 is 33.1. The average Bonchev–Trinajstić information content (AvgIpc) is 2.37. The normalized spacial score (nSPS) is 12.1. The van der Waals surface area contributed by atoms with Gasteiger partial charge < -0.3 is 8.92 Å². The Hall–Kier alpha value is -1.09. The van der Waals surface area contributed by atoms with Crippen molar-refractivity contribution in [1.29, 1.82) is 0 Å². The largest absolute Gasteiger partial charge is 0.462 e. The van der Waals surface area contributed by atoms with Crippen molar-refractivity contribution < 1.29 is 22.1 Å². The molecule has 0 spiro atoms. The van der Waals surface area contributed by atoms with Crippen LogP contribution >= 0.6 is 22.6 Å².